The first kappa shape index (κ1) is 21.2. The number of amides is 2. The highest BCUT2D eigenvalue weighted by molar-refractivity contribution is 6.33. The zero-order chi connectivity index (χ0) is 21.2. The van der Waals surface area contributed by atoms with Crippen molar-refractivity contribution in [1.29, 1.82) is 0 Å². The molecule has 0 radical (unpaired) electrons. The van der Waals surface area contributed by atoms with Crippen molar-refractivity contribution in [2.75, 3.05) is 36.4 Å². The molecule has 1 aliphatic rings. The second-order valence-electron chi connectivity index (χ2n) is 8.52. The van der Waals surface area contributed by atoms with E-state index in [1.165, 1.54) is 0 Å². The summed E-state index contributed by atoms with van der Waals surface area (Å²) >= 11 is 6.51. The molecule has 1 heterocycles. The highest BCUT2D eigenvalue weighted by Gasteiger charge is 2.30. The van der Waals surface area contributed by atoms with Crippen molar-refractivity contribution in [2.24, 2.45) is 5.41 Å². The highest BCUT2D eigenvalue weighted by atomic mass is 35.5. The maximum atomic E-state index is 12.5. The molecule has 29 heavy (non-hydrogen) atoms. The molecule has 3 rings (SSSR count). The SMILES string of the molecule is Cc1ccc(C(=O)Nc2ccc(N3CCN(C(=O)C(C)(C)C)CC3)c(Cl)c2)cc1. The standard InChI is InChI=1S/C23H28ClN3O2/c1-16-5-7-17(8-6-16)21(28)25-18-9-10-20(19(24)15-18)26-11-13-27(14-12-26)22(29)23(2,3)4/h5-10,15H,11-14H2,1-4H3,(H,25,28). The molecule has 1 N–H and O–H groups in total. The van der Waals surface area contributed by atoms with E-state index in [4.69, 9.17) is 11.6 Å². The monoisotopic (exact) mass is 413 g/mol. The lowest BCUT2D eigenvalue weighted by Crippen LogP contribution is -2.51. The lowest BCUT2D eigenvalue weighted by molar-refractivity contribution is -0.139. The molecule has 5 nitrogen and oxygen atoms in total. The summed E-state index contributed by atoms with van der Waals surface area (Å²) in [6.45, 7) is 10.6. The minimum atomic E-state index is -0.364. The van der Waals surface area contributed by atoms with E-state index in [0.29, 0.717) is 29.4 Å². The third-order valence-electron chi connectivity index (χ3n) is 5.07. The van der Waals surface area contributed by atoms with Crippen LogP contribution in [0.3, 0.4) is 0 Å². The summed E-state index contributed by atoms with van der Waals surface area (Å²) in [7, 11) is 0. The Morgan fingerprint density at radius 1 is 0.966 bits per heavy atom. The molecule has 1 saturated heterocycles. The zero-order valence-electron chi connectivity index (χ0n) is 17.5. The fraction of sp³-hybridized carbons (Fsp3) is 0.391. The van der Waals surface area contributed by atoms with Gasteiger partial charge in [-0.3, -0.25) is 9.59 Å². The molecule has 2 aromatic rings. The van der Waals surface area contributed by atoms with E-state index < -0.39 is 0 Å². The lowest BCUT2D eigenvalue weighted by atomic mass is 9.94. The first-order valence-electron chi connectivity index (χ1n) is 9.87. The summed E-state index contributed by atoms with van der Waals surface area (Å²) in [6.07, 6.45) is 0. The van der Waals surface area contributed by atoms with Crippen LogP contribution in [-0.4, -0.2) is 42.9 Å². The van der Waals surface area contributed by atoms with Gasteiger partial charge in [0.25, 0.3) is 5.91 Å². The molecular weight excluding hydrogens is 386 g/mol. The Labute approximate surface area is 177 Å². The number of benzene rings is 2. The molecular formula is C23H28ClN3O2. The average molecular weight is 414 g/mol. The third kappa shape index (κ3) is 5.10. The number of carbonyl (C=O) groups excluding carboxylic acids is 2. The normalized spacial score (nSPS) is 14.7. The Kier molecular flexibility index (Phi) is 6.18. The van der Waals surface area contributed by atoms with Gasteiger partial charge in [0.2, 0.25) is 5.91 Å². The van der Waals surface area contributed by atoms with Crippen LogP contribution < -0.4 is 10.2 Å². The summed E-state index contributed by atoms with van der Waals surface area (Å²) in [5.74, 6) is 0.0144. The van der Waals surface area contributed by atoms with Crippen LogP contribution in [0.15, 0.2) is 42.5 Å². The van der Waals surface area contributed by atoms with E-state index in [1.807, 2.05) is 56.9 Å². The largest absolute Gasteiger partial charge is 0.367 e. The fourth-order valence-electron chi connectivity index (χ4n) is 3.37. The van der Waals surface area contributed by atoms with Gasteiger partial charge in [0.05, 0.1) is 10.7 Å². The summed E-state index contributed by atoms with van der Waals surface area (Å²) in [6, 6.07) is 13.0. The summed E-state index contributed by atoms with van der Waals surface area (Å²) in [5.41, 5.74) is 2.93. The van der Waals surface area contributed by atoms with Gasteiger partial charge in [0.1, 0.15) is 0 Å². The lowest BCUT2D eigenvalue weighted by Gasteiger charge is -2.39. The van der Waals surface area contributed by atoms with Crippen LogP contribution in [0, 0.1) is 12.3 Å². The van der Waals surface area contributed by atoms with Crippen molar-refractivity contribution in [3.05, 3.63) is 58.6 Å². The number of rotatable bonds is 3. The summed E-state index contributed by atoms with van der Waals surface area (Å²) < 4.78 is 0. The minimum absolute atomic E-state index is 0.164. The summed E-state index contributed by atoms with van der Waals surface area (Å²) in [4.78, 5) is 29.0. The van der Waals surface area contributed by atoms with Crippen molar-refractivity contribution in [3.63, 3.8) is 0 Å². The first-order chi connectivity index (χ1) is 13.6. The van der Waals surface area contributed by atoms with Gasteiger partial charge < -0.3 is 15.1 Å². The molecule has 2 aromatic carbocycles. The van der Waals surface area contributed by atoms with Crippen LogP contribution in [-0.2, 0) is 4.79 Å². The van der Waals surface area contributed by atoms with Crippen LogP contribution in [0.25, 0.3) is 0 Å². The van der Waals surface area contributed by atoms with Gasteiger partial charge in [-0.2, -0.15) is 0 Å². The number of aryl methyl sites for hydroxylation is 1. The van der Waals surface area contributed by atoms with Crippen molar-refractivity contribution in [1.82, 2.24) is 4.90 Å². The molecule has 154 valence electrons. The molecule has 0 aromatic heterocycles. The molecule has 0 atom stereocenters. The van der Waals surface area contributed by atoms with E-state index in [0.717, 1.165) is 24.3 Å². The van der Waals surface area contributed by atoms with Crippen molar-refractivity contribution in [3.8, 4) is 0 Å². The molecule has 0 saturated carbocycles. The van der Waals surface area contributed by atoms with Gasteiger partial charge in [-0.1, -0.05) is 50.1 Å². The molecule has 0 unspecified atom stereocenters. The Bertz CT molecular complexity index is 895. The molecule has 0 spiro atoms. The molecule has 2 amide bonds. The number of nitrogens with zero attached hydrogens (tertiary/aromatic N) is 2. The van der Waals surface area contributed by atoms with Crippen LogP contribution >= 0.6 is 11.6 Å². The third-order valence-corrected chi connectivity index (χ3v) is 5.37. The van der Waals surface area contributed by atoms with E-state index >= 15 is 0 Å². The van der Waals surface area contributed by atoms with Gasteiger partial charge in [-0.25, -0.2) is 0 Å². The number of nitrogens with one attached hydrogen (secondary N) is 1. The molecule has 1 aliphatic heterocycles. The Balaban J connectivity index is 1.64. The number of hydrogen-bond donors (Lipinski definition) is 1. The number of hydrogen-bond acceptors (Lipinski definition) is 3. The maximum absolute atomic E-state index is 12.5. The predicted octanol–water partition coefficient (Wildman–Crippen LogP) is 4.60. The molecule has 1 fully saturated rings. The highest BCUT2D eigenvalue weighted by Crippen LogP contribution is 2.30. The second-order valence-corrected chi connectivity index (χ2v) is 8.92. The van der Waals surface area contributed by atoms with Gasteiger partial charge in [-0.05, 0) is 37.3 Å². The molecule has 6 heteroatoms. The second kappa shape index (κ2) is 8.46. The van der Waals surface area contributed by atoms with Crippen LogP contribution in [0.1, 0.15) is 36.7 Å². The van der Waals surface area contributed by atoms with E-state index in [1.54, 1.807) is 18.2 Å². The van der Waals surface area contributed by atoms with Gasteiger partial charge in [-0.15, -0.1) is 0 Å². The zero-order valence-corrected chi connectivity index (χ0v) is 18.2. The topological polar surface area (TPSA) is 52.7 Å². The number of halogens is 1. The maximum Gasteiger partial charge on any atom is 0.255 e. The molecule has 0 bridgehead atoms. The van der Waals surface area contributed by atoms with Gasteiger partial charge in [0.15, 0.2) is 0 Å². The smallest absolute Gasteiger partial charge is 0.255 e. The van der Waals surface area contributed by atoms with E-state index in [-0.39, 0.29) is 17.2 Å². The predicted molar refractivity (Wildman–Crippen MR) is 119 cm³/mol. The number of piperazine rings is 1. The fourth-order valence-corrected chi connectivity index (χ4v) is 3.67. The molecule has 0 aliphatic carbocycles. The summed E-state index contributed by atoms with van der Waals surface area (Å²) in [5, 5.41) is 3.48. The van der Waals surface area contributed by atoms with Gasteiger partial charge >= 0.3 is 0 Å². The van der Waals surface area contributed by atoms with Crippen LogP contribution in [0.5, 0.6) is 0 Å². The Morgan fingerprint density at radius 2 is 1.59 bits per heavy atom. The van der Waals surface area contributed by atoms with Crippen molar-refractivity contribution in [2.45, 2.75) is 27.7 Å². The van der Waals surface area contributed by atoms with E-state index in [2.05, 4.69) is 10.2 Å². The minimum Gasteiger partial charge on any atom is -0.367 e. The Hall–Kier alpha value is -2.53. The quantitative estimate of drug-likeness (QED) is 0.800. The van der Waals surface area contributed by atoms with Crippen molar-refractivity contribution >= 4 is 34.8 Å². The van der Waals surface area contributed by atoms with Crippen LogP contribution in [0.2, 0.25) is 5.02 Å². The Morgan fingerprint density at radius 3 is 2.14 bits per heavy atom. The first-order valence-corrected chi connectivity index (χ1v) is 10.2. The van der Waals surface area contributed by atoms with Crippen LogP contribution in [0.4, 0.5) is 11.4 Å². The average Bonchev–Trinajstić information content (AvgIpc) is 2.67. The number of carbonyl (C=O) groups is 2. The van der Waals surface area contributed by atoms with Gasteiger partial charge in [0, 0.05) is 42.8 Å². The van der Waals surface area contributed by atoms with Crippen molar-refractivity contribution < 1.29 is 9.59 Å². The number of anilines is 2. The van der Waals surface area contributed by atoms with E-state index in [9.17, 15) is 9.59 Å².